The molecule has 0 aliphatic carbocycles. The van der Waals surface area contributed by atoms with Crippen molar-refractivity contribution < 1.29 is 4.42 Å². The van der Waals surface area contributed by atoms with Crippen molar-refractivity contribution in [1.29, 1.82) is 0 Å². The van der Waals surface area contributed by atoms with Crippen molar-refractivity contribution in [2.75, 3.05) is 25.1 Å². The Morgan fingerprint density at radius 2 is 2.04 bits per heavy atom. The highest BCUT2D eigenvalue weighted by Gasteiger charge is 2.06. The summed E-state index contributed by atoms with van der Waals surface area (Å²) in [5.41, 5.74) is 1.81. The van der Waals surface area contributed by atoms with E-state index in [0.29, 0.717) is 12.4 Å². The van der Waals surface area contributed by atoms with Crippen molar-refractivity contribution in [2.24, 2.45) is 4.99 Å². The third kappa shape index (κ3) is 6.28. The van der Waals surface area contributed by atoms with Gasteiger partial charge in [-0.15, -0.1) is 0 Å². The van der Waals surface area contributed by atoms with Crippen molar-refractivity contribution in [3.63, 3.8) is 0 Å². The largest absolute Gasteiger partial charge is 0.444 e. The third-order valence-electron chi connectivity index (χ3n) is 3.38. The summed E-state index contributed by atoms with van der Waals surface area (Å²) < 4.78 is 5.54. The molecule has 0 fully saturated rings. The molecular weight excluding hydrogens is 320 g/mol. The normalized spacial score (nSPS) is 11.5. The van der Waals surface area contributed by atoms with Crippen LogP contribution >= 0.6 is 11.8 Å². The number of unbranched alkanes of at least 4 members (excludes halogenated alkanes) is 1. The molecule has 0 spiro atoms. The Morgan fingerprint density at radius 3 is 2.79 bits per heavy atom. The molecule has 0 amide bonds. The van der Waals surface area contributed by atoms with Crippen LogP contribution in [0.15, 0.2) is 46.0 Å². The van der Waals surface area contributed by atoms with Gasteiger partial charge in [0, 0.05) is 18.7 Å². The maximum atomic E-state index is 5.54. The van der Waals surface area contributed by atoms with E-state index in [1.165, 1.54) is 12.2 Å². The number of hydrogen-bond donors (Lipinski definition) is 2. The van der Waals surface area contributed by atoms with E-state index in [-0.39, 0.29) is 0 Å². The minimum absolute atomic E-state index is 0.497. The SMILES string of the molecule is CCNC(=NCc1coc(-c2ccccc2)n1)NCCCCSC. The number of rotatable bonds is 9. The Morgan fingerprint density at radius 1 is 1.21 bits per heavy atom. The summed E-state index contributed by atoms with van der Waals surface area (Å²) in [6, 6.07) is 9.90. The van der Waals surface area contributed by atoms with Crippen LogP contribution in [0.5, 0.6) is 0 Å². The van der Waals surface area contributed by atoms with Gasteiger partial charge in [-0.1, -0.05) is 18.2 Å². The zero-order valence-electron chi connectivity index (χ0n) is 14.4. The van der Waals surface area contributed by atoms with Gasteiger partial charge in [0.15, 0.2) is 5.96 Å². The number of guanidine groups is 1. The molecule has 130 valence electrons. The molecule has 2 rings (SSSR count). The molecule has 6 heteroatoms. The van der Waals surface area contributed by atoms with E-state index in [9.17, 15) is 0 Å². The summed E-state index contributed by atoms with van der Waals surface area (Å²) in [6.45, 7) is 4.33. The number of nitrogens with zero attached hydrogens (tertiary/aromatic N) is 2. The Kier molecular flexibility index (Phi) is 8.24. The van der Waals surface area contributed by atoms with Crippen LogP contribution in [-0.4, -0.2) is 36.0 Å². The van der Waals surface area contributed by atoms with Crippen LogP contribution in [0.3, 0.4) is 0 Å². The van der Waals surface area contributed by atoms with E-state index in [4.69, 9.17) is 4.42 Å². The lowest BCUT2D eigenvalue weighted by atomic mass is 10.2. The first-order valence-corrected chi connectivity index (χ1v) is 9.73. The average molecular weight is 347 g/mol. The minimum atomic E-state index is 0.497. The second kappa shape index (κ2) is 10.8. The van der Waals surface area contributed by atoms with Gasteiger partial charge in [-0.2, -0.15) is 11.8 Å². The zero-order valence-corrected chi connectivity index (χ0v) is 15.2. The number of thioether (sulfide) groups is 1. The predicted molar refractivity (Wildman–Crippen MR) is 102 cm³/mol. The molecule has 1 heterocycles. The first-order chi connectivity index (χ1) is 11.8. The molecule has 0 saturated carbocycles. The molecular formula is C18H26N4OS. The molecule has 0 radical (unpaired) electrons. The Bertz CT molecular complexity index is 612. The Balaban J connectivity index is 1.87. The first-order valence-electron chi connectivity index (χ1n) is 8.34. The van der Waals surface area contributed by atoms with Crippen LogP contribution in [0.4, 0.5) is 0 Å². The van der Waals surface area contributed by atoms with E-state index >= 15 is 0 Å². The van der Waals surface area contributed by atoms with Gasteiger partial charge in [0.05, 0.1) is 6.54 Å². The molecule has 2 N–H and O–H groups in total. The number of nitrogens with one attached hydrogen (secondary N) is 2. The summed E-state index contributed by atoms with van der Waals surface area (Å²) in [7, 11) is 0. The molecule has 24 heavy (non-hydrogen) atoms. The fourth-order valence-corrected chi connectivity index (χ4v) is 2.67. The highest BCUT2D eigenvalue weighted by atomic mass is 32.2. The van der Waals surface area contributed by atoms with Crippen molar-refractivity contribution in [3.8, 4) is 11.5 Å². The smallest absolute Gasteiger partial charge is 0.226 e. The Labute approximate surface area is 148 Å². The number of benzene rings is 1. The standard InChI is InChI=1S/C18H26N4OS/c1-3-19-18(20-11-7-8-12-24-2)21-13-16-14-23-17(22-16)15-9-5-4-6-10-15/h4-6,9-10,14H,3,7-8,11-13H2,1-2H3,(H2,19,20,21). The summed E-state index contributed by atoms with van der Waals surface area (Å²) >= 11 is 1.89. The molecule has 5 nitrogen and oxygen atoms in total. The zero-order chi connectivity index (χ0) is 17.0. The maximum Gasteiger partial charge on any atom is 0.226 e. The van der Waals surface area contributed by atoms with Crippen LogP contribution in [-0.2, 0) is 6.54 Å². The molecule has 0 bridgehead atoms. The van der Waals surface area contributed by atoms with Gasteiger partial charge in [0.1, 0.15) is 12.0 Å². The fourth-order valence-electron chi connectivity index (χ4n) is 2.17. The number of oxazole rings is 1. The van der Waals surface area contributed by atoms with Gasteiger partial charge in [0.2, 0.25) is 5.89 Å². The van der Waals surface area contributed by atoms with Crippen LogP contribution in [0.25, 0.3) is 11.5 Å². The van der Waals surface area contributed by atoms with Gasteiger partial charge < -0.3 is 15.1 Å². The maximum absolute atomic E-state index is 5.54. The minimum Gasteiger partial charge on any atom is -0.444 e. The highest BCUT2D eigenvalue weighted by molar-refractivity contribution is 7.98. The van der Waals surface area contributed by atoms with E-state index in [1.54, 1.807) is 6.26 Å². The van der Waals surface area contributed by atoms with Crippen molar-refractivity contribution >= 4 is 17.7 Å². The van der Waals surface area contributed by atoms with Gasteiger partial charge in [0.25, 0.3) is 0 Å². The highest BCUT2D eigenvalue weighted by Crippen LogP contribution is 2.18. The van der Waals surface area contributed by atoms with Gasteiger partial charge >= 0.3 is 0 Å². The van der Waals surface area contributed by atoms with Gasteiger partial charge in [-0.05, 0) is 43.9 Å². The summed E-state index contributed by atoms with van der Waals surface area (Å²) in [5, 5.41) is 6.62. The molecule has 0 aliphatic heterocycles. The van der Waals surface area contributed by atoms with Crippen LogP contribution in [0.2, 0.25) is 0 Å². The lowest BCUT2D eigenvalue weighted by Gasteiger charge is -2.10. The second-order valence-corrected chi connectivity index (χ2v) is 6.32. The summed E-state index contributed by atoms with van der Waals surface area (Å²) in [6.07, 6.45) is 6.18. The lowest BCUT2D eigenvalue weighted by Crippen LogP contribution is -2.37. The molecule has 0 saturated heterocycles. The van der Waals surface area contributed by atoms with Gasteiger partial charge in [-0.25, -0.2) is 9.98 Å². The molecule has 0 atom stereocenters. The molecule has 1 aromatic heterocycles. The lowest BCUT2D eigenvalue weighted by molar-refractivity contribution is 0.572. The number of hydrogen-bond acceptors (Lipinski definition) is 4. The molecule has 0 unspecified atom stereocenters. The second-order valence-electron chi connectivity index (χ2n) is 5.33. The van der Waals surface area contributed by atoms with Crippen LogP contribution in [0.1, 0.15) is 25.5 Å². The topological polar surface area (TPSA) is 62.5 Å². The van der Waals surface area contributed by atoms with E-state index in [2.05, 4.69) is 33.8 Å². The molecule has 2 aromatic rings. The van der Waals surface area contributed by atoms with Crippen LogP contribution in [0, 0.1) is 0 Å². The number of aliphatic imine (C=N–C) groups is 1. The van der Waals surface area contributed by atoms with E-state index in [1.807, 2.05) is 42.1 Å². The monoisotopic (exact) mass is 346 g/mol. The molecule has 1 aromatic carbocycles. The third-order valence-corrected chi connectivity index (χ3v) is 4.08. The van der Waals surface area contributed by atoms with Crippen molar-refractivity contribution in [1.82, 2.24) is 15.6 Å². The van der Waals surface area contributed by atoms with E-state index in [0.717, 1.165) is 36.7 Å². The van der Waals surface area contributed by atoms with E-state index < -0.39 is 0 Å². The molecule has 0 aliphatic rings. The fraction of sp³-hybridized carbons (Fsp3) is 0.444. The average Bonchev–Trinajstić information content (AvgIpc) is 3.09. The summed E-state index contributed by atoms with van der Waals surface area (Å²) in [4.78, 5) is 9.08. The number of aromatic nitrogens is 1. The summed E-state index contributed by atoms with van der Waals surface area (Å²) in [5.74, 6) is 2.66. The van der Waals surface area contributed by atoms with Crippen LogP contribution < -0.4 is 10.6 Å². The van der Waals surface area contributed by atoms with Gasteiger partial charge in [-0.3, -0.25) is 0 Å². The van der Waals surface area contributed by atoms with Crippen molar-refractivity contribution in [2.45, 2.75) is 26.3 Å². The Hall–Kier alpha value is -1.95. The predicted octanol–water partition coefficient (Wildman–Crippen LogP) is 3.54. The quantitative estimate of drug-likeness (QED) is 0.413. The van der Waals surface area contributed by atoms with Crippen molar-refractivity contribution in [3.05, 3.63) is 42.3 Å². The first kappa shape index (κ1) is 18.4.